The van der Waals surface area contributed by atoms with E-state index in [-0.39, 0.29) is 0 Å². The summed E-state index contributed by atoms with van der Waals surface area (Å²) in [7, 11) is 0. The van der Waals surface area contributed by atoms with E-state index in [9.17, 15) is 0 Å². The van der Waals surface area contributed by atoms with Crippen molar-refractivity contribution in [1.29, 1.82) is 0 Å². The van der Waals surface area contributed by atoms with Gasteiger partial charge in [0.2, 0.25) is 0 Å². The van der Waals surface area contributed by atoms with Crippen LogP contribution in [0.2, 0.25) is 0 Å². The molecule has 9 heavy (non-hydrogen) atoms. The van der Waals surface area contributed by atoms with Crippen LogP contribution in [0.3, 0.4) is 0 Å². The second-order valence-corrected chi connectivity index (χ2v) is 2.45. The number of alkyl halides is 1. The monoisotopic (exact) mass is 192 g/mol. The number of aliphatic hydroxyl groups is 2. The summed E-state index contributed by atoms with van der Waals surface area (Å²) in [5.74, 6) is 2.03. The zero-order valence-corrected chi connectivity index (χ0v) is 6.50. The number of terminal acetylenes is 1. The van der Waals surface area contributed by atoms with Gasteiger partial charge in [-0.05, 0) is 6.42 Å². The van der Waals surface area contributed by atoms with Crippen molar-refractivity contribution in [3.05, 3.63) is 0 Å². The van der Waals surface area contributed by atoms with Gasteiger partial charge in [-0.15, -0.1) is 6.42 Å². The molecule has 0 aromatic rings. The van der Waals surface area contributed by atoms with Crippen LogP contribution < -0.4 is 0 Å². The number of rotatable bonds is 3. The minimum Gasteiger partial charge on any atom is -0.389 e. The highest BCUT2D eigenvalue weighted by atomic mass is 79.9. The molecular weight excluding hydrogens is 184 g/mol. The van der Waals surface area contributed by atoms with E-state index in [2.05, 4.69) is 15.9 Å². The molecule has 0 aliphatic heterocycles. The summed E-state index contributed by atoms with van der Waals surface area (Å²) >= 11 is 3.11. The zero-order valence-electron chi connectivity index (χ0n) is 4.92. The van der Waals surface area contributed by atoms with Crippen molar-refractivity contribution >= 4 is 15.9 Å². The molecule has 0 saturated carbocycles. The summed E-state index contributed by atoms with van der Waals surface area (Å²) in [6.45, 7) is 0. The Morgan fingerprint density at radius 1 is 1.56 bits per heavy atom. The van der Waals surface area contributed by atoms with E-state index in [4.69, 9.17) is 16.6 Å². The van der Waals surface area contributed by atoms with Crippen LogP contribution in [0.1, 0.15) is 6.42 Å². The lowest BCUT2D eigenvalue weighted by Gasteiger charge is -2.09. The highest BCUT2D eigenvalue weighted by Gasteiger charge is 2.10. The second kappa shape index (κ2) is 4.80. The van der Waals surface area contributed by atoms with Crippen molar-refractivity contribution in [2.75, 3.05) is 5.33 Å². The van der Waals surface area contributed by atoms with Crippen LogP contribution in [0.15, 0.2) is 0 Å². The van der Waals surface area contributed by atoms with Crippen molar-refractivity contribution in [1.82, 2.24) is 0 Å². The van der Waals surface area contributed by atoms with Crippen molar-refractivity contribution in [3.63, 3.8) is 0 Å². The van der Waals surface area contributed by atoms with Crippen molar-refractivity contribution in [2.24, 2.45) is 0 Å². The maximum absolute atomic E-state index is 8.90. The van der Waals surface area contributed by atoms with Gasteiger partial charge in [0.15, 0.2) is 0 Å². The standard InChI is InChI=1S/C6H9BrO2/c1-2-5(8)6(9)3-4-7/h1,5-6,8-9H,3-4H2. The Kier molecular flexibility index (Phi) is 4.78. The molecule has 3 heteroatoms. The lowest BCUT2D eigenvalue weighted by atomic mass is 10.2. The maximum atomic E-state index is 8.90. The van der Waals surface area contributed by atoms with Gasteiger partial charge in [-0.25, -0.2) is 0 Å². The first-order valence-corrected chi connectivity index (χ1v) is 3.72. The minimum absolute atomic E-state index is 0.478. The zero-order chi connectivity index (χ0) is 7.28. The molecule has 0 amide bonds. The van der Waals surface area contributed by atoms with Gasteiger partial charge in [-0.2, -0.15) is 0 Å². The van der Waals surface area contributed by atoms with Crippen LogP contribution in [0.25, 0.3) is 0 Å². The molecule has 0 radical (unpaired) electrons. The Hall–Kier alpha value is -0.0400. The average Bonchev–Trinajstić information content (AvgIpc) is 1.87. The second-order valence-electron chi connectivity index (χ2n) is 1.66. The summed E-state index contributed by atoms with van der Waals surface area (Å²) in [6.07, 6.45) is 3.48. The Balaban J connectivity index is 3.48. The largest absolute Gasteiger partial charge is 0.389 e. The summed E-state index contributed by atoms with van der Waals surface area (Å²) in [6, 6.07) is 0. The molecule has 0 rings (SSSR count). The Morgan fingerprint density at radius 2 is 2.11 bits per heavy atom. The molecule has 0 saturated heterocycles. The molecule has 2 atom stereocenters. The topological polar surface area (TPSA) is 40.5 Å². The molecule has 0 heterocycles. The van der Waals surface area contributed by atoms with Crippen LogP contribution in [0.5, 0.6) is 0 Å². The van der Waals surface area contributed by atoms with E-state index in [0.717, 1.165) is 0 Å². The normalized spacial score (nSPS) is 16.2. The molecule has 52 valence electrons. The summed E-state index contributed by atoms with van der Waals surface area (Å²) < 4.78 is 0. The van der Waals surface area contributed by atoms with Gasteiger partial charge in [-0.3, -0.25) is 0 Å². The molecule has 2 N–H and O–H groups in total. The fourth-order valence-electron chi connectivity index (χ4n) is 0.381. The molecule has 2 nitrogen and oxygen atoms in total. The summed E-state index contributed by atoms with van der Waals surface area (Å²) in [5.41, 5.74) is 0. The summed E-state index contributed by atoms with van der Waals surface area (Å²) in [4.78, 5) is 0. The van der Waals surface area contributed by atoms with Crippen LogP contribution in [0, 0.1) is 12.3 Å². The van der Waals surface area contributed by atoms with Gasteiger partial charge in [0.1, 0.15) is 6.10 Å². The molecule has 0 fully saturated rings. The maximum Gasteiger partial charge on any atom is 0.140 e. The molecule has 2 unspecified atom stereocenters. The van der Waals surface area contributed by atoms with Gasteiger partial charge in [0.05, 0.1) is 6.10 Å². The van der Waals surface area contributed by atoms with Gasteiger partial charge in [0.25, 0.3) is 0 Å². The van der Waals surface area contributed by atoms with E-state index in [0.29, 0.717) is 11.8 Å². The van der Waals surface area contributed by atoms with Crippen LogP contribution in [-0.4, -0.2) is 27.8 Å². The number of hydrogen-bond acceptors (Lipinski definition) is 2. The third-order valence-electron chi connectivity index (χ3n) is 0.940. The third-order valence-corrected chi connectivity index (χ3v) is 1.40. The molecule has 0 bridgehead atoms. The van der Waals surface area contributed by atoms with Gasteiger partial charge >= 0.3 is 0 Å². The highest BCUT2D eigenvalue weighted by Crippen LogP contribution is 1.99. The number of halogens is 1. The molecule has 0 aliphatic rings. The van der Waals surface area contributed by atoms with Gasteiger partial charge < -0.3 is 10.2 Å². The Bertz CT molecular complexity index is 108. The summed E-state index contributed by atoms with van der Waals surface area (Å²) in [5, 5.41) is 18.3. The van der Waals surface area contributed by atoms with Gasteiger partial charge in [-0.1, -0.05) is 21.9 Å². The number of hydrogen-bond donors (Lipinski definition) is 2. The Labute approximate surface area is 63.0 Å². The predicted molar refractivity (Wildman–Crippen MR) is 39.3 cm³/mol. The van der Waals surface area contributed by atoms with E-state index in [1.54, 1.807) is 0 Å². The first-order chi connectivity index (χ1) is 4.22. The van der Waals surface area contributed by atoms with E-state index >= 15 is 0 Å². The minimum atomic E-state index is -1.03. The van der Waals surface area contributed by atoms with E-state index in [1.807, 2.05) is 5.92 Å². The average molecular weight is 193 g/mol. The van der Waals surface area contributed by atoms with E-state index < -0.39 is 12.2 Å². The van der Waals surface area contributed by atoms with Crippen LogP contribution in [-0.2, 0) is 0 Å². The smallest absolute Gasteiger partial charge is 0.140 e. The van der Waals surface area contributed by atoms with Crippen molar-refractivity contribution < 1.29 is 10.2 Å². The number of aliphatic hydroxyl groups excluding tert-OH is 2. The third kappa shape index (κ3) is 3.52. The fourth-order valence-corrected chi connectivity index (χ4v) is 0.850. The van der Waals surface area contributed by atoms with Crippen LogP contribution >= 0.6 is 15.9 Å². The lowest BCUT2D eigenvalue weighted by Crippen LogP contribution is -2.24. The fraction of sp³-hybridized carbons (Fsp3) is 0.667. The van der Waals surface area contributed by atoms with Crippen LogP contribution in [0.4, 0.5) is 0 Å². The SMILES string of the molecule is C#CC(O)C(O)CCBr. The molecule has 0 aromatic heterocycles. The molecule has 0 aromatic carbocycles. The predicted octanol–water partition coefficient (Wildman–Crippen LogP) is 0.126. The molecule has 0 spiro atoms. The lowest BCUT2D eigenvalue weighted by molar-refractivity contribution is 0.0532. The quantitative estimate of drug-likeness (QED) is 0.494. The first kappa shape index (κ1) is 8.96. The molecular formula is C6H9BrO2. The van der Waals surface area contributed by atoms with Gasteiger partial charge in [0, 0.05) is 5.33 Å². The Morgan fingerprint density at radius 3 is 2.44 bits per heavy atom. The first-order valence-electron chi connectivity index (χ1n) is 2.60. The molecule has 0 aliphatic carbocycles. The van der Waals surface area contributed by atoms with Crippen molar-refractivity contribution in [2.45, 2.75) is 18.6 Å². The van der Waals surface area contributed by atoms with Crippen molar-refractivity contribution in [3.8, 4) is 12.3 Å². The highest BCUT2D eigenvalue weighted by molar-refractivity contribution is 9.09. The van der Waals surface area contributed by atoms with E-state index in [1.165, 1.54) is 0 Å².